The molecule has 4 fully saturated rings. The highest BCUT2D eigenvalue weighted by atomic mass is 32.1. The zero-order valence-corrected chi connectivity index (χ0v) is 16.8. The predicted molar refractivity (Wildman–Crippen MR) is 107 cm³/mol. The largest absolute Gasteiger partial charge is 0.465 e. The fourth-order valence-electron chi connectivity index (χ4n) is 6.09. The Balaban J connectivity index is 1.25. The summed E-state index contributed by atoms with van der Waals surface area (Å²) in [6.07, 6.45) is 8.97. The topological polar surface area (TPSA) is 47.0 Å². The van der Waals surface area contributed by atoms with Gasteiger partial charge in [0.1, 0.15) is 0 Å². The van der Waals surface area contributed by atoms with Gasteiger partial charge in [0.2, 0.25) is 0 Å². The van der Waals surface area contributed by atoms with Gasteiger partial charge in [-0.25, -0.2) is 4.79 Å². The van der Waals surface area contributed by atoms with Crippen LogP contribution in [-0.4, -0.2) is 75.7 Å². The van der Waals surface area contributed by atoms with E-state index in [4.69, 9.17) is 12.2 Å². The zero-order chi connectivity index (χ0) is 18.3. The number of hydrogen-bond acceptors (Lipinski definition) is 3. The number of carboxylic acid groups (broad SMARTS) is 1. The lowest BCUT2D eigenvalue weighted by atomic mass is 9.64. The summed E-state index contributed by atoms with van der Waals surface area (Å²) in [6, 6.07) is 1.39. The predicted octanol–water partition coefficient (Wildman–Crippen LogP) is 3.43. The summed E-state index contributed by atoms with van der Waals surface area (Å²) in [6.45, 7) is 7.29. The van der Waals surface area contributed by atoms with Gasteiger partial charge in [0.25, 0.3) is 0 Å². The second-order valence-electron chi connectivity index (χ2n) is 9.04. The number of thiocarbonyl (C=S) groups is 1. The molecule has 4 aliphatic rings. The molecule has 0 aromatic carbocycles. The Labute approximate surface area is 162 Å². The van der Waals surface area contributed by atoms with Crippen LogP contribution in [0.2, 0.25) is 0 Å². The van der Waals surface area contributed by atoms with E-state index in [1.165, 1.54) is 63.1 Å². The highest BCUT2D eigenvalue weighted by molar-refractivity contribution is 7.80. The van der Waals surface area contributed by atoms with E-state index in [1.54, 1.807) is 4.90 Å². The standard InChI is InChI=1S/C20H33N3O2S/c1-2-18(26)23-8-3-4-17(23)15-5-9-21(10-6-15)16-12-20(13-16)7-11-22(14-20)19(24)25/h15-17H,2-14H2,1H3,(H,24,25)/t16?,17-,20?/m0/s1. The molecule has 3 heterocycles. The van der Waals surface area contributed by atoms with Gasteiger partial charge < -0.3 is 19.8 Å². The van der Waals surface area contributed by atoms with Gasteiger partial charge in [-0.1, -0.05) is 19.1 Å². The van der Waals surface area contributed by atoms with Gasteiger partial charge in [0.05, 0.1) is 4.99 Å². The lowest BCUT2D eigenvalue weighted by Gasteiger charge is -2.52. The SMILES string of the molecule is CCC(=S)N1CCC[C@H]1C1CCN(C2CC3(CCN(C(=O)O)C3)C2)CC1. The summed E-state index contributed by atoms with van der Waals surface area (Å²) >= 11 is 5.61. The maximum absolute atomic E-state index is 11.2. The Kier molecular flexibility index (Phi) is 5.17. The van der Waals surface area contributed by atoms with Crippen molar-refractivity contribution in [3.8, 4) is 0 Å². The van der Waals surface area contributed by atoms with Crippen molar-refractivity contribution in [1.29, 1.82) is 0 Å². The Morgan fingerprint density at radius 2 is 1.88 bits per heavy atom. The van der Waals surface area contributed by atoms with Gasteiger partial charge in [-0.3, -0.25) is 0 Å². The first kappa shape index (κ1) is 18.5. The highest BCUT2D eigenvalue weighted by Crippen LogP contribution is 2.50. The van der Waals surface area contributed by atoms with Gasteiger partial charge in [-0.2, -0.15) is 0 Å². The van der Waals surface area contributed by atoms with Gasteiger partial charge in [0, 0.05) is 31.7 Å². The summed E-state index contributed by atoms with van der Waals surface area (Å²) in [4.78, 5) is 19.2. The monoisotopic (exact) mass is 379 g/mol. The minimum atomic E-state index is -0.739. The lowest BCUT2D eigenvalue weighted by Crippen LogP contribution is -2.55. The van der Waals surface area contributed by atoms with Crippen molar-refractivity contribution < 1.29 is 9.90 Å². The molecule has 3 saturated heterocycles. The van der Waals surface area contributed by atoms with E-state index in [-0.39, 0.29) is 0 Å². The van der Waals surface area contributed by atoms with Gasteiger partial charge >= 0.3 is 6.09 Å². The minimum absolute atomic E-state index is 0.301. The summed E-state index contributed by atoms with van der Waals surface area (Å²) in [5.41, 5.74) is 0.301. The third-order valence-electron chi connectivity index (χ3n) is 7.60. The van der Waals surface area contributed by atoms with Gasteiger partial charge in [0.15, 0.2) is 0 Å². The van der Waals surface area contributed by atoms with Crippen LogP contribution >= 0.6 is 12.2 Å². The molecule has 146 valence electrons. The van der Waals surface area contributed by atoms with Crippen LogP contribution in [0.4, 0.5) is 4.79 Å². The second-order valence-corrected chi connectivity index (χ2v) is 9.51. The number of amides is 1. The van der Waals surface area contributed by atoms with Gasteiger partial charge in [-0.15, -0.1) is 0 Å². The molecule has 1 aliphatic carbocycles. The van der Waals surface area contributed by atoms with Crippen molar-refractivity contribution in [2.24, 2.45) is 11.3 Å². The molecule has 0 radical (unpaired) electrons. The summed E-state index contributed by atoms with van der Waals surface area (Å²) in [5, 5.41) is 9.19. The molecule has 5 nitrogen and oxygen atoms in total. The van der Waals surface area contributed by atoms with Crippen LogP contribution in [0.1, 0.15) is 58.3 Å². The van der Waals surface area contributed by atoms with E-state index >= 15 is 0 Å². The Morgan fingerprint density at radius 3 is 2.50 bits per heavy atom. The molecule has 1 atom stereocenters. The number of carbonyl (C=O) groups is 1. The molecular weight excluding hydrogens is 346 g/mol. The number of hydrogen-bond donors (Lipinski definition) is 1. The maximum Gasteiger partial charge on any atom is 0.407 e. The Morgan fingerprint density at radius 1 is 1.15 bits per heavy atom. The number of rotatable bonds is 3. The van der Waals surface area contributed by atoms with Crippen molar-refractivity contribution in [2.45, 2.75) is 70.4 Å². The molecule has 1 saturated carbocycles. The van der Waals surface area contributed by atoms with E-state index in [0.717, 1.165) is 31.8 Å². The minimum Gasteiger partial charge on any atom is -0.465 e. The molecule has 1 spiro atoms. The number of nitrogens with zero attached hydrogens (tertiary/aromatic N) is 3. The second kappa shape index (κ2) is 7.27. The molecule has 3 aliphatic heterocycles. The summed E-state index contributed by atoms with van der Waals surface area (Å²) in [5.74, 6) is 0.807. The molecule has 0 aromatic rings. The van der Waals surface area contributed by atoms with E-state index in [1.807, 2.05) is 0 Å². The van der Waals surface area contributed by atoms with Gasteiger partial charge in [-0.05, 0) is 75.8 Å². The van der Waals surface area contributed by atoms with E-state index in [9.17, 15) is 9.90 Å². The van der Waals surface area contributed by atoms with Crippen LogP contribution in [0.5, 0.6) is 0 Å². The first-order valence-electron chi connectivity index (χ1n) is 10.5. The fraction of sp³-hybridized carbons (Fsp3) is 0.900. The van der Waals surface area contributed by atoms with Crippen LogP contribution in [0.25, 0.3) is 0 Å². The molecule has 4 rings (SSSR count). The Bertz CT molecular complexity index is 555. The van der Waals surface area contributed by atoms with Crippen molar-refractivity contribution in [3.63, 3.8) is 0 Å². The molecule has 1 N–H and O–H groups in total. The fourth-order valence-corrected chi connectivity index (χ4v) is 6.32. The lowest BCUT2D eigenvalue weighted by molar-refractivity contribution is -0.0130. The first-order valence-corrected chi connectivity index (χ1v) is 10.9. The normalized spacial score (nSPS) is 35.9. The smallest absolute Gasteiger partial charge is 0.407 e. The molecule has 6 heteroatoms. The maximum atomic E-state index is 11.2. The Hall–Kier alpha value is -0.880. The third-order valence-corrected chi connectivity index (χ3v) is 8.13. The van der Waals surface area contributed by atoms with E-state index in [0.29, 0.717) is 17.5 Å². The van der Waals surface area contributed by atoms with Crippen molar-refractivity contribution in [3.05, 3.63) is 0 Å². The average molecular weight is 380 g/mol. The third kappa shape index (κ3) is 3.35. The molecular formula is C20H33N3O2S. The highest BCUT2D eigenvalue weighted by Gasteiger charge is 2.51. The first-order chi connectivity index (χ1) is 12.5. The van der Waals surface area contributed by atoms with Crippen molar-refractivity contribution >= 4 is 23.3 Å². The quantitative estimate of drug-likeness (QED) is 0.761. The summed E-state index contributed by atoms with van der Waals surface area (Å²) < 4.78 is 0. The van der Waals surface area contributed by atoms with Crippen LogP contribution < -0.4 is 0 Å². The molecule has 26 heavy (non-hydrogen) atoms. The number of piperidine rings is 1. The zero-order valence-electron chi connectivity index (χ0n) is 16.0. The van der Waals surface area contributed by atoms with E-state index in [2.05, 4.69) is 16.7 Å². The van der Waals surface area contributed by atoms with Crippen LogP contribution in [0.3, 0.4) is 0 Å². The molecule has 0 aromatic heterocycles. The molecule has 1 amide bonds. The van der Waals surface area contributed by atoms with E-state index < -0.39 is 6.09 Å². The average Bonchev–Trinajstić information content (AvgIpc) is 3.27. The van der Waals surface area contributed by atoms with Crippen LogP contribution in [0, 0.1) is 11.3 Å². The van der Waals surface area contributed by atoms with Crippen molar-refractivity contribution in [1.82, 2.24) is 14.7 Å². The van der Waals surface area contributed by atoms with Crippen LogP contribution in [-0.2, 0) is 0 Å². The molecule has 0 bridgehead atoms. The summed E-state index contributed by atoms with van der Waals surface area (Å²) in [7, 11) is 0. The molecule has 0 unspecified atom stereocenters. The van der Waals surface area contributed by atoms with Crippen LogP contribution in [0.15, 0.2) is 0 Å². The number of likely N-dealkylation sites (tertiary alicyclic amines) is 3. The van der Waals surface area contributed by atoms with Crippen molar-refractivity contribution in [2.75, 3.05) is 32.7 Å².